The molecule has 2 aromatic rings. The van der Waals surface area contributed by atoms with Crippen LogP contribution in [0.5, 0.6) is 5.75 Å². The van der Waals surface area contributed by atoms with Crippen LogP contribution in [0.1, 0.15) is 50.3 Å². The van der Waals surface area contributed by atoms with E-state index >= 15 is 0 Å². The molecule has 0 aliphatic heterocycles. The third-order valence-corrected chi connectivity index (χ3v) is 5.14. The number of rotatable bonds is 8. The molecule has 26 heavy (non-hydrogen) atoms. The van der Waals surface area contributed by atoms with Crippen LogP contribution >= 0.6 is 11.6 Å². The lowest BCUT2D eigenvalue weighted by atomic mass is 10.0. The Labute approximate surface area is 164 Å². The monoisotopic (exact) mass is 375 g/mol. The summed E-state index contributed by atoms with van der Waals surface area (Å²) in [6.45, 7) is 12.2. The highest BCUT2D eigenvalue weighted by atomic mass is 35.5. The highest BCUT2D eigenvalue weighted by molar-refractivity contribution is 6.32. The summed E-state index contributed by atoms with van der Waals surface area (Å²) in [5, 5.41) is 9.97. The van der Waals surface area contributed by atoms with Gasteiger partial charge in [-0.05, 0) is 75.0 Å². The van der Waals surface area contributed by atoms with Crippen molar-refractivity contribution in [2.45, 2.75) is 53.4 Å². The molecular formula is C23H34ClNO. The molecular weight excluding hydrogens is 342 g/mol. The average molecular weight is 376 g/mol. The Kier molecular flexibility index (Phi) is 11.1. The maximum atomic E-state index is 9.50. The van der Waals surface area contributed by atoms with Crippen molar-refractivity contribution >= 4 is 11.6 Å². The van der Waals surface area contributed by atoms with E-state index in [1.54, 1.807) is 6.07 Å². The predicted molar refractivity (Wildman–Crippen MR) is 114 cm³/mol. The first kappa shape index (κ1) is 22.5. The van der Waals surface area contributed by atoms with Crippen molar-refractivity contribution < 1.29 is 5.11 Å². The molecule has 2 rings (SSSR count). The first-order valence-corrected chi connectivity index (χ1v) is 10.1. The van der Waals surface area contributed by atoms with E-state index in [1.807, 2.05) is 19.1 Å². The lowest BCUT2D eigenvalue weighted by Gasteiger charge is -2.15. The van der Waals surface area contributed by atoms with E-state index in [9.17, 15) is 5.11 Å². The summed E-state index contributed by atoms with van der Waals surface area (Å²) in [6, 6.07) is 14.1. The van der Waals surface area contributed by atoms with Crippen LogP contribution in [-0.4, -0.2) is 29.6 Å². The van der Waals surface area contributed by atoms with Crippen molar-refractivity contribution in [3.63, 3.8) is 0 Å². The number of aryl methyl sites for hydroxylation is 2. The fraction of sp³-hybridized carbons (Fsp3) is 0.478. The summed E-state index contributed by atoms with van der Waals surface area (Å²) in [6.07, 6.45) is 4.42. The van der Waals surface area contributed by atoms with Gasteiger partial charge in [0, 0.05) is 0 Å². The van der Waals surface area contributed by atoms with Crippen LogP contribution < -0.4 is 0 Å². The minimum absolute atomic E-state index is 0.168. The Balaban J connectivity index is 0.000000359. The van der Waals surface area contributed by atoms with E-state index in [0.29, 0.717) is 5.02 Å². The second kappa shape index (κ2) is 12.8. The Morgan fingerprint density at radius 2 is 1.58 bits per heavy atom. The lowest BCUT2D eigenvalue weighted by molar-refractivity contribution is 0.304. The van der Waals surface area contributed by atoms with Crippen molar-refractivity contribution in [1.29, 1.82) is 0 Å². The van der Waals surface area contributed by atoms with Crippen molar-refractivity contribution in [2.24, 2.45) is 0 Å². The van der Waals surface area contributed by atoms with E-state index < -0.39 is 0 Å². The molecule has 144 valence electrons. The van der Waals surface area contributed by atoms with Crippen molar-refractivity contribution in [3.05, 3.63) is 64.2 Å². The number of halogens is 1. The Morgan fingerprint density at radius 1 is 0.923 bits per heavy atom. The molecule has 0 amide bonds. The first-order valence-electron chi connectivity index (χ1n) is 9.76. The average Bonchev–Trinajstić information content (AvgIpc) is 2.67. The normalized spacial score (nSPS) is 10.5. The van der Waals surface area contributed by atoms with Gasteiger partial charge in [0.25, 0.3) is 0 Å². The molecule has 0 saturated heterocycles. The Hall–Kier alpha value is -1.51. The van der Waals surface area contributed by atoms with Crippen LogP contribution in [0.2, 0.25) is 5.02 Å². The fourth-order valence-corrected chi connectivity index (χ4v) is 3.15. The van der Waals surface area contributed by atoms with Gasteiger partial charge in [-0.25, -0.2) is 0 Å². The van der Waals surface area contributed by atoms with E-state index in [-0.39, 0.29) is 5.75 Å². The topological polar surface area (TPSA) is 23.5 Å². The standard InChI is InChI=1S/C16H17ClO.C7H17N/c1-12-14(10-11-15(18)16(12)17)9-5-8-13-6-3-2-4-7-13;1-4-7-8(5-2)6-3/h2-4,6-7,10-11,18H,5,8-9H2,1H3;4-7H2,1-3H3. The van der Waals surface area contributed by atoms with Gasteiger partial charge in [-0.2, -0.15) is 0 Å². The molecule has 3 heteroatoms. The number of phenolic OH excluding ortho intramolecular Hbond substituents is 1. The molecule has 0 bridgehead atoms. The molecule has 0 spiro atoms. The molecule has 2 nitrogen and oxygen atoms in total. The highest BCUT2D eigenvalue weighted by Crippen LogP contribution is 2.29. The van der Waals surface area contributed by atoms with Gasteiger partial charge in [-0.1, -0.05) is 68.8 Å². The summed E-state index contributed by atoms with van der Waals surface area (Å²) in [5.74, 6) is 0.168. The van der Waals surface area contributed by atoms with Crippen molar-refractivity contribution in [1.82, 2.24) is 4.90 Å². The Bertz CT molecular complexity index is 624. The van der Waals surface area contributed by atoms with Gasteiger partial charge in [-0.3, -0.25) is 0 Å². The molecule has 0 radical (unpaired) electrons. The number of hydrogen-bond donors (Lipinski definition) is 1. The quantitative estimate of drug-likeness (QED) is 0.587. The van der Waals surface area contributed by atoms with Crippen molar-refractivity contribution in [2.75, 3.05) is 19.6 Å². The van der Waals surface area contributed by atoms with E-state index in [4.69, 9.17) is 11.6 Å². The summed E-state index contributed by atoms with van der Waals surface area (Å²) in [5.41, 5.74) is 3.57. The van der Waals surface area contributed by atoms with Crippen LogP contribution in [0, 0.1) is 6.92 Å². The minimum Gasteiger partial charge on any atom is -0.506 e. The van der Waals surface area contributed by atoms with Gasteiger partial charge in [0.05, 0.1) is 5.02 Å². The third kappa shape index (κ3) is 7.80. The maximum Gasteiger partial charge on any atom is 0.134 e. The predicted octanol–water partition coefficient (Wildman–Crippen LogP) is 6.27. The molecule has 0 fully saturated rings. The molecule has 2 aromatic carbocycles. The summed E-state index contributed by atoms with van der Waals surface area (Å²) in [7, 11) is 0. The van der Waals surface area contributed by atoms with Crippen LogP contribution in [0.15, 0.2) is 42.5 Å². The number of phenols is 1. The number of nitrogens with zero attached hydrogens (tertiary/aromatic N) is 1. The van der Waals surface area contributed by atoms with Crippen LogP contribution in [0.4, 0.5) is 0 Å². The molecule has 1 N–H and O–H groups in total. The fourth-order valence-electron chi connectivity index (χ4n) is 2.97. The molecule has 0 atom stereocenters. The van der Waals surface area contributed by atoms with Gasteiger partial charge in [0.15, 0.2) is 0 Å². The molecule has 0 aliphatic rings. The van der Waals surface area contributed by atoms with E-state index in [1.165, 1.54) is 37.2 Å². The Morgan fingerprint density at radius 3 is 2.12 bits per heavy atom. The molecule has 0 aliphatic carbocycles. The molecule has 0 unspecified atom stereocenters. The smallest absolute Gasteiger partial charge is 0.134 e. The number of benzene rings is 2. The summed E-state index contributed by atoms with van der Waals surface area (Å²) < 4.78 is 0. The van der Waals surface area contributed by atoms with Gasteiger partial charge >= 0.3 is 0 Å². The maximum absolute atomic E-state index is 9.50. The largest absolute Gasteiger partial charge is 0.506 e. The zero-order valence-electron chi connectivity index (χ0n) is 16.8. The lowest BCUT2D eigenvalue weighted by Crippen LogP contribution is -2.23. The van der Waals surface area contributed by atoms with Gasteiger partial charge < -0.3 is 10.0 Å². The van der Waals surface area contributed by atoms with Crippen LogP contribution in [-0.2, 0) is 12.8 Å². The summed E-state index contributed by atoms with van der Waals surface area (Å²) in [4.78, 5) is 2.43. The molecule has 0 saturated carbocycles. The SMILES string of the molecule is CCCN(CC)CC.Cc1c(CCCc2ccccc2)ccc(O)c1Cl. The molecule has 0 aromatic heterocycles. The van der Waals surface area contributed by atoms with E-state index in [2.05, 4.69) is 49.9 Å². The number of hydrogen-bond acceptors (Lipinski definition) is 2. The second-order valence-corrected chi connectivity index (χ2v) is 6.93. The van der Waals surface area contributed by atoms with Crippen LogP contribution in [0.25, 0.3) is 0 Å². The van der Waals surface area contributed by atoms with Crippen LogP contribution in [0.3, 0.4) is 0 Å². The second-order valence-electron chi connectivity index (χ2n) is 6.55. The van der Waals surface area contributed by atoms with Gasteiger partial charge in [-0.15, -0.1) is 0 Å². The minimum atomic E-state index is 0.168. The molecule has 0 heterocycles. The van der Waals surface area contributed by atoms with Gasteiger partial charge in [0.2, 0.25) is 0 Å². The van der Waals surface area contributed by atoms with Gasteiger partial charge in [0.1, 0.15) is 5.75 Å². The van der Waals surface area contributed by atoms with E-state index in [0.717, 1.165) is 24.8 Å². The first-order chi connectivity index (χ1) is 12.5. The highest BCUT2D eigenvalue weighted by Gasteiger charge is 2.06. The zero-order valence-corrected chi connectivity index (χ0v) is 17.5. The summed E-state index contributed by atoms with van der Waals surface area (Å²) >= 11 is 6.03. The third-order valence-electron chi connectivity index (χ3n) is 4.67. The van der Waals surface area contributed by atoms with Crippen molar-refractivity contribution in [3.8, 4) is 5.75 Å². The number of aromatic hydroxyl groups is 1. The zero-order chi connectivity index (χ0) is 19.4.